The minimum atomic E-state index is -0.294. The van der Waals surface area contributed by atoms with Crippen LogP contribution in [-0.2, 0) is 23.6 Å². The second-order valence-corrected chi connectivity index (χ2v) is 8.21. The fourth-order valence-corrected chi connectivity index (χ4v) is 4.52. The van der Waals surface area contributed by atoms with E-state index in [-0.39, 0.29) is 17.6 Å². The van der Waals surface area contributed by atoms with Crippen LogP contribution in [0.2, 0.25) is 0 Å². The number of aromatic amines is 1. The van der Waals surface area contributed by atoms with E-state index in [4.69, 9.17) is 9.47 Å². The molecular weight excluding hydrogens is 403 g/mol. The molecule has 1 aliphatic heterocycles. The van der Waals surface area contributed by atoms with Gasteiger partial charge >= 0.3 is 5.69 Å². The first kappa shape index (κ1) is 19.2. The van der Waals surface area contributed by atoms with Gasteiger partial charge in [-0.25, -0.2) is 19.3 Å². The Morgan fingerprint density at radius 2 is 2.25 bits per heavy atom. The lowest BCUT2D eigenvalue weighted by Crippen LogP contribution is -2.24. The highest BCUT2D eigenvalue weighted by molar-refractivity contribution is 7.98. The average Bonchev–Trinajstić information content (AvgIpc) is 3.44. The predicted molar refractivity (Wildman–Crippen MR) is 104 cm³/mol. The number of hydrogen-bond donors (Lipinski definition) is 1. The minimum Gasteiger partial charge on any atom is -0.486 e. The van der Waals surface area contributed by atoms with E-state index in [0.717, 1.165) is 30.2 Å². The number of thioether (sulfide) groups is 1. The van der Waals surface area contributed by atoms with Crippen LogP contribution in [-0.4, -0.2) is 32.5 Å². The molecule has 1 aliphatic rings. The summed E-state index contributed by atoms with van der Waals surface area (Å²) in [6.07, 6.45) is 2.07. The van der Waals surface area contributed by atoms with Gasteiger partial charge in [0.05, 0.1) is 18.3 Å². The molecule has 10 heteroatoms. The molecule has 0 aliphatic carbocycles. The van der Waals surface area contributed by atoms with Crippen LogP contribution in [0.15, 0.2) is 39.6 Å². The van der Waals surface area contributed by atoms with Crippen molar-refractivity contribution < 1.29 is 13.9 Å². The molecule has 3 heterocycles. The Morgan fingerprint density at radius 1 is 1.39 bits per heavy atom. The summed E-state index contributed by atoms with van der Waals surface area (Å²) in [6.45, 7) is 1.60. The van der Waals surface area contributed by atoms with Gasteiger partial charge in [-0.2, -0.15) is 0 Å². The van der Waals surface area contributed by atoms with Crippen LogP contribution in [0.3, 0.4) is 0 Å². The zero-order chi connectivity index (χ0) is 19.3. The van der Waals surface area contributed by atoms with Gasteiger partial charge in [-0.05, 0) is 37.1 Å². The van der Waals surface area contributed by atoms with E-state index < -0.39 is 0 Å². The average molecular weight is 423 g/mol. The molecule has 0 saturated carbocycles. The van der Waals surface area contributed by atoms with Gasteiger partial charge in [0.25, 0.3) is 0 Å². The van der Waals surface area contributed by atoms with Gasteiger partial charge in [0.15, 0.2) is 5.16 Å². The summed E-state index contributed by atoms with van der Waals surface area (Å²) in [5, 5.41) is 10.1. The van der Waals surface area contributed by atoms with Crippen molar-refractivity contribution in [3.8, 4) is 5.75 Å². The van der Waals surface area contributed by atoms with Crippen molar-refractivity contribution in [2.75, 3.05) is 6.61 Å². The molecule has 28 heavy (non-hydrogen) atoms. The Hall–Kier alpha value is -2.17. The molecule has 1 fully saturated rings. The molecule has 7 nitrogen and oxygen atoms in total. The van der Waals surface area contributed by atoms with E-state index in [9.17, 15) is 9.18 Å². The Balaban J connectivity index is 1.32. The second-order valence-electron chi connectivity index (χ2n) is 6.32. The lowest BCUT2D eigenvalue weighted by molar-refractivity contribution is 0.0941. The third kappa shape index (κ3) is 4.81. The van der Waals surface area contributed by atoms with Crippen LogP contribution in [0.1, 0.15) is 23.5 Å². The Kier molecular flexibility index (Phi) is 6.08. The highest BCUT2D eigenvalue weighted by Crippen LogP contribution is 2.23. The normalized spacial score (nSPS) is 16.5. The SMILES string of the molecule is O=c1[nH]nc(SCc2csc(COc3ccc(F)cc3)n2)n1CC1CCCO1. The van der Waals surface area contributed by atoms with E-state index >= 15 is 0 Å². The van der Waals surface area contributed by atoms with Crippen molar-refractivity contribution in [3.05, 3.63) is 56.6 Å². The van der Waals surface area contributed by atoms with Crippen molar-refractivity contribution in [2.24, 2.45) is 0 Å². The number of aromatic nitrogens is 4. The second kappa shape index (κ2) is 8.89. The molecule has 3 aromatic rings. The van der Waals surface area contributed by atoms with Crippen molar-refractivity contribution in [1.82, 2.24) is 19.7 Å². The number of hydrogen-bond acceptors (Lipinski definition) is 7. The third-order valence-electron chi connectivity index (χ3n) is 4.26. The van der Waals surface area contributed by atoms with Crippen molar-refractivity contribution in [2.45, 2.75) is 43.0 Å². The zero-order valence-electron chi connectivity index (χ0n) is 15.0. The quantitative estimate of drug-likeness (QED) is 0.562. The number of nitrogens with one attached hydrogen (secondary N) is 1. The molecular formula is C18H19FN4O3S2. The van der Waals surface area contributed by atoms with E-state index in [1.54, 1.807) is 16.7 Å². The van der Waals surface area contributed by atoms with Crippen LogP contribution in [0.25, 0.3) is 0 Å². The molecule has 0 radical (unpaired) electrons. The summed E-state index contributed by atoms with van der Waals surface area (Å²) in [4.78, 5) is 16.6. The third-order valence-corrected chi connectivity index (χ3v) is 6.14. The van der Waals surface area contributed by atoms with Gasteiger partial charge in [0, 0.05) is 17.7 Å². The summed E-state index contributed by atoms with van der Waals surface area (Å²) in [5.41, 5.74) is 0.677. The van der Waals surface area contributed by atoms with Gasteiger partial charge in [-0.3, -0.25) is 4.57 Å². The highest BCUT2D eigenvalue weighted by atomic mass is 32.2. The lowest BCUT2D eigenvalue weighted by Gasteiger charge is -2.10. The maximum atomic E-state index is 12.9. The van der Waals surface area contributed by atoms with Crippen LogP contribution < -0.4 is 10.4 Å². The zero-order valence-corrected chi connectivity index (χ0v) is 16.6. The van der Waals surface area contributed by atoms with E-state index in [1.807, 2.05) is 5.38 Å². The molecule has 4 rings (SSSR count). The predicted octanol–water partition coefficient (Wildman–Crippen LogP) is 3.22. The van der Waals surface area contributed by atoms with E-state index in [2.05, 4.69) is 15.2 Å². The van der Waals surface area contributed by atoms with Crippen LogP contribution >= 0.6 is 23.1 Å². The number of H-pyrrole nitrogens is 1. The summed E-state index contributed by atoms with van der Waals surface area (Å²) >= 11 is 2.96. The first-order valence-corrected chi connectivity index (χ1v) is 10.7. The summed E-state index contributed by atoms with van der Waals surface area (Å²) in [5.74, 6) is 0.905. The Morgan fingerprint density at radius 3 is 3.04 bits per heavy atom. The molecule has 1 atom stereocenters. The fraction of sp³-hybridized carbons (Fsp3) is 0.389. The molecule has 148 valence electrons. The first-order chi connectivity index (χ1) is 13.7. The van der Waals surface area contributed by atoms with E-state index in [0.29, 0.717) is 29.8 Å². The number of thiazole rings is 1. The molecule has 1 N–H and O–H groups in total. The highest BCUT2D eigenvalue weighted by Gasteiger charge is 2.19. The monoisotopic (exact) mass is 422 g/mol. The molecule has 0 bridgehead atoms. The molecule has 1 unspecified atom stereocenters. The van der Waals surface area contributed by atoms with Gasteiger partial charge < -0.3 is 9.47 Å². The maximum absolute atomic E-state index is 12.9. The molecule has 2 aromatic heterocycles. The smallest absolute Gasteiger partial charge is 0.344 e. The summed E-state index contributed by atoms with van der Waals surface area (Å²) in [6, 6.07) is 5.90. The maximum Gasteiger partial charge on any atom is 0.344 e. The molecule has 0 spiro atoms. The van der Waals surface area contributed by atoms with Crippen molar-refractivity contribution in [3.63, 3.8) is 0 Å². The van der Waals surface area contributed by atoms with Gasteiger partial charge in [0.1, 0.15) is 23.2 Å². The molecule has 0 amide bonds. The minimum absolute atomic E-state index is 0.0733. The first-order valence-electron chi connectivity index (χ1n) is 8.88. The number of nitrogens with zero attached hydrogens (tertiary/aromatic N) is 3. The van der Waals surface area contributed by atoms with Gasteiger partial charge in [-0.15, -0.1) is 16.4 Å². The van der Waals surface area contributed by atoms with Crippen LogP contribution in [0.5, 0.6) is 5.75 Å². The standard InChI is InChI=1S/C18H19FN4O3S2/c19-12-3-5-14(6-4-12)26-9-16-20-13(10-27-16)11-28-18-22-21-17(24)23(18)8-15-2-1-7-25-15/h3-6,10,15H,1-2,7-9,11H2,(H,21,24). The Labute approximate surface area is 168 Å². The lowest BCUT2D eigenvalue weighted by atomic mass is 10.2. The van der Waals surface area contributed by atoms with Gasteiger partial charge in [0.2, 0.25) is 0 Å². The topological polar surface area (TPSA) is 82.0 Å². The number of rotatable bonds is 8. The van der Waals surface area contributed by atoms with Crippen LogP contribution in [0, 0.1) is 5.82 Å². The Bertz CT molecular complexity index is 964. The van der Waals surface area contributed by atoms with Crippen LogP contribution in [0.4, 0.5) is 4.39 Å². The largest absolute Gasteiger partial charge is 0.486 e. The number of halogens is 1. The summed E-state index contributed by atoms with van der Waals surface area (Å²) < 4.78 is 25.8. The summed E-state index contributed by atoms with van der Waals surface area (Å²) in [7, 11) is 0. The number of ether oxygens (including phenoxy) is 2. The van der Waals surface area contributed by atoms with Crippen molar-refractivity contribution >= 4 is 23.1 Å². The number of benzene rings is 1. The van der Waals surface area contributed by atoms with E-state index in [1.165, 1.54) is 35.2 Å². The molecule has 1 saturated heterocycles. The molecule has 1 aromatic carbocycles. The van der Waals surface area contributed by atoms with Crippen molar-refractivity contribution in [1.29, 1.82) is 0 Å². The fourth-order valence-electron chi connectivity index (χ4n) is 2.86. The van der Waals surface area contributed by atoms with Gasteiger partial charge in [-0.1, -0.05) is 11.8 Å².